The van der Waals surface area contributed by atoms with Gasteiger partial charge in [-0.1, -0.05) is 41.5 Å². The van der Waals surface area contributed by atoms with Gasteiger partial charge in [0.25, 0.3) is 0 Å². The maximum Gasteiger partial charge on any atom is 0.0871 e. The summed E-state index contributed by atoms with van der Waals surface area (Å²) in [6, 6.07) is 0. The Morgan fingerprint density at radius 2 is 1.42 bits per heavy atom. The first-order valence-corrected chi connectivity index (χ1v) is 11.0. The molecule has 0 aromatic carbocycles. The molecule has 2 fully saturated rings. The molecule has 0 atom stereocenters. The van der Waals surface area contributed by atoms with Crippen molar-refractivity contribution in [1.82, 2.24) is 0 Å². The van der Waals surface area contributed by atoms with Crippen molar-refractivity contribution in [3.63, 3.8) is 0 Å². The van der Waals surface area contributed by atoms with Crippen LogP contribution in [-0.2, 0) is 9.47 Å². The molecule has 1 spiro atoms. The van der Waals surface area contributed by atoms with Crippen LogP contribution in [0.15, 0.2) is 11.6 Å². The SMILES string of the molecule is CC(C)(C)C1CCC(OCC2=CC3(CCC(C(C)(C)C)CC3)OC2)CC1. The summed E-state index contributed by atoms with van der Waals surface area (Å²) in [6.07, 6.45) is 13.0. The van der Waals surface area contributed by atoms with Gasteiger partial charge in [-0.15, -0.1) is 0 Å². The molecule has 26 heavy (non-hydrogen) atoms. The third kappa shape index (κ3) is 4.93. The van der Waals surface area contributed by atoms with Crippen LogP contribution in [0.5, 0.6) is 0 Å². The van der Waals surface area contributed by atoms with Crippen LogP contribution in [0.2, 0.25) is 0 Å². The van der Waals surface area contributed by atoms with Gasteiger partial charge in [0.05, 0.1) is 24.9 Å². The molecule has 3 rings (SSSR count). The zero-order valence-corrected chi connectivity index (χ0v) is 18.2. The lowest BCUT2D eigenvalue weighted by atomic mass is 9.68. The predicted molar refractivity (Wildman–Crippen MR) is 109 cm³/mol. The molecule has 0 N–H and O–H groups in total. The molecule has 2 nitrogen and oxygen atoms in total. The fourth-order valence-corrected chi connectivity index (χ4v) is 5.36. The lowest BCUT2D eigenvalue weighted by molar-refractivity contribution is -0.0305. The van der Waals surface area contributed by atoms with E-state index in [4.69, 9.17) is 9.47 Å². The summed E-state index contributed by atoms with van der Waals surface area (Å²) >= 11 is 0. The van der Waals surface area contributed by atoms with E-state index in [-0.39, 0.29) is 5.60 Å². The molecule has 0 aromatic rings. The molecule has 2 saturated carbocycles. The molecule has 3 aliphatic rings. The molecule has 0 unspecified atom stereocenters. The van der Waals surface area contributed by atoms with Gasteiger partial charge in [-0.3, -0.25) is 0 Å². The molecular weight excluding hydrogens is 320 g/mol. The Labute approximate surface area is 162 Å². The first-order valence-electron chi connectivity index (χ1n) is 11.0. The van der Waals surface area contributed by atoms with Crippen molar-refractivity contribution in [2.75, 3.05) is 13.2 Å². The van der Waals surface area contributed by atoms with Gasteiger partial charge < -0.3 is 9.47 Å². The lowest BCUT2D eigenvalue weighted by Crippen LogP contribution is -2.36. The average Bonchev–Trinajstić information content (AvgIpc) is 2.95. The molecular formula is C24H42O2. The van der Waals surface area contributed by atoms with Gasteiger partial charge in [0.1, 0.15) is 0 Å². The quantitative estimate of drug-likeness (QED) is 0.531. The van der Waals surface area contributed by atoms with Crippen LogP contribution < -0.4 is 0 Å². The van der Waals surface area contributed by atoms with E-state index in [2.05, 4.69) is 47.6 Å². The molecule has 1 heterocycles. The van der Waals surface area contributed by atoms with E-state index in [1.165, 1.54) is 56.9 Å². The Kier molecular flexibility index (Phi) is 5.95. The highest BCUT2D eigenvalue weighted by Gasteiger charge is 2.41. The highest BCUT2D eigenvalue weighted by molar-refractivity contribution is 5.19. The largest absolute Gasteiger partial charge is 0.374 e. The zero-order valence-electron chi connectivity index (χ0n) is 18.2. The average molecular weight is 363 g/mol. The summed E-state index contributed by atoms with van der Waals surface area (Å²) < 4.78 is 12.6. The van der Waals surface area contributed by atoms with Crippen LogP contribution in [0, 0.1) is 22.7 Å². The van der Waals surface area contributed by atoms with Crippen molar-refractivity contribution in [1.29, 1.82) is 0 Å². The summed E-state index contributed by atoms with van der Waals surface area (Å²) in [4.78, 5) is 0. The van der Waals surface area contributed by atoms with Gasteiger partial charge in [0.15, 0.2) is 0 Å². The summed E-state index contributed by atoms with van der Waals surface area (Å²) in [5.41, 5.74) is 2.30. The smallest absolute Gasteiger partial charge is 0.0871 e. The third-order valence-corrected chi connectivity index (χ3v) is 7.47. The lowest BCUT2D eigenvalue weighted by Gasteiger charge is -2.41. The van der Waals surface area contributed by atoms with Crippen LogP contribution in [0.1, 0.15) is 92.9 Å². The van der Waals surface area contributed by atoms with Gasteiger partial charge >= 0.3 is 0 Å². The second-order valence-corrected chi connectivity index (χ2v) is 11.4. The first kappa shape index (κ1) is 20.4. The van der Waals surface area contributed by atoms with E-state index < -0.39 is 0 Å². The minimum atomic E-state index is 0.0321. The van der Waals surface area contributed by atoms with Crippen LogP contribution in [0.3, 0.4) is 0 Å². The Morgan fingerprint density at radius 1 is 0.885 bits per heavy atom. The minimum Gasteiger partial charge on any atom is -0.374 e. The Hall–Kier alpha value is -0.340. The van der Waals surface area contributed by atoms with Gasteiger partial charge in [0.2, 0.25) is 0 Å². The number of hydrogen-bond acceptors (Lipinski definition) is 2. The Morgan fingerprint density at radius 3 is 1.96 bits per heavy atom. The second-order valence-electron chi connectivity index (χ2n) is 11.4. The molecule has 150 valence electrons. The predicted octanol–water partition coefficient (Wildman–Crippen LogP) is 6.54. The highest BCUT2D eigenvalue weighted by atomic mass is 16.5. The summed E-state index contributed by atoms with van der Waals surface area (Å²) in [5.74, 6) is 1.70. The van der Waals surface area contributed by atoms with Crippen molar-refractivity contribution in [3.05, 3.63) is 11.6 Å². The Bertz CT molecular complexity index is 489. The maximum absolute atomic E-state index is 6.29. The second kappa shape index (κ2) is 7.59. The van der Waals surface area contributed by atoms with E-state index in [1.807, 2.05) is 0 Å². The van der Waals surface area contributed by atoms with E-state index in [0.29, 0.717) is 16.9 Å². The molecule has 0 aromatic heterocycles. The van der Waals surface area contributed by atoms with Gasteiger partial charge in [-0.05, 0) is 85.7 Å². The van der Waals surface area contributed by atoms with E-state index in [1.54, 1.807) is 0 Å². The van der Waals surface area contributed by atoms with E-state index in [0.717, 1.165) is 25.0 Å². The maximum atomic E-state index is 6.29. The normalized spacial score (nSPS) is 36.4. The number of hydrogen-bond donors (Lipinski definition) is 0. The van der Waals surface area contributed by atoms with Crippen LogP contribution in [-0.4, -0.2) is 24.9 Å². The Balaban J connectivity index is 1.44. The molecule has 0 radical (unpaired) electrons. The third-order valence-electron chi connectivity index (χ3n) is 7.47. The topological polar surface area (TPSA) is 18.5 Å². The van der Waals surface area contributed by atoms with Crippen molar-refractivity contribution in [2.24, 2.45) is 22.7 Å². The van der Waals surface area contributed by atoms with Crippen molar-refractivity contribution < 1.29 is 9.47 Å². The fraction of sp³-hybridized carbons (Fsp3) is 0.917. The molecule has 2 aliphatic carbocycles. The van der Waals surface area contributed by atoms with Gasteiger partial charge in [0, 0.05) is 0 Å². The molecule has 0 amide bonds. The van der Waals surface area contributed by atoms with Crippen molar-refractivity contribution >= 4 is 0 Å². The molecule has 0 bridgehead atoms. The van der Waals surface area contributed by atoms with E-state index >= 15 is 0 Å². The van der Waals surface area contributed by atoms with E-state index in [9.17, 15) is 0 Å². The standard InChI is InChI=1S/C24H42O2/c1-22(2,3)19-7-9-21(10-8-19)25-16-18-15-24(26-17-18)13-11-20(12-14-24)23(4,5)6/h15,19-21H,7-14,16-17H2,1-6H3. The summed E-state index contributed by atoms with van der Waals surface area (Å²) in [5, 5.41) is 0. The first-order chi connectivity index (χ1) is 12.1. The molecule has 2 heteroatoms. The monoisotopic (exact) mass is 362 g/mol. The summed E-state index contributed by atoms with van der Waals surface area (Å²) in [7, 11) is 0. The zero-order chi connectivity index (χ0) is 19.0. The molecule has 0 saturated heterocycles. The molecule has 1 aliphatic heterocycles. The van der Waals surface area contributed by atoms with Crippen LogP contribution in [0.25, 0.3) is 0 Å². The minimum absolute atomic E-state index is 0.0321. The fourth-order valence-electron chi connectivity index (χ4n) is 5.36. The van der Waals surface area contributed by atoms with Crippen molar-refractivity contribution in [3.8, 4) is 0 Å². The van der Waals surface area contributed by atoms with Crippen LogP contribution >= 0.6 is 0 Å². The van der Waals surface area contributed by atoms with Crippen molar-refractivity contribution in [2.45, 2.75) is 105 Å². The number of ether oxygens (including phenoxy) is 2. The van der Waals surface area contributed by atoms with Crippen LogP contribution in [0.4, 0.5) is 0 Å². The van der Waals surface area contributed by atoms with Gasteiger partial charge in [-0.2, -0.15) is 0 Å². The van der Waals surface area contributed by atoms with Gasteiger partial charge in [-0.25, -0.2) is 0 Å². The number of rotatable bonds is 3. The highest BCUT2D eigenvalue weighted by Crippen LogP contribution is 2.45. The summed E-state index contributed by atoms with van der Waals surface area (Å²) in [6.45, 7) is 15.9.